The van der Waals surface area contributed by atoms with Gasteiger partial charge in [0.25, 0.3) is 0 Å². The van der Waals surface area contributed by atoms with E-state index in [4.69, 9.17) is 4.74 Å². The molecular formula is C26H27NO3. The summed E-state index contributed by atoms with van der Waals surface area (Å²) in [5.74, 6) is -0.243. The van der Waals surface area contributed by atoms with Gasteiger partial charge >= 0.3 is 5.97 Å². The fourth-order valence-electron chi connectivity index (χ4n) is 3.56. The number of carbonyl (C=O) groups excluding carboxylic acids is 2. The zero-order chi connectivity index (χ0) is 21.7. The number of esters is 1. The molecule has 2 aromatic rings. The second-order valence-electron chi connectivity index (χ2n) is 7.11. The van der Waals surface area contributed by atoms with Crippen molar-refractivity contribution >= 4 is 23.5 Å². The molecule has 4 heteroatoms. The Hall–Kier alpha value is -3.40. The highest BCUT2D eigenvalue weighted by molar-refractivity contribution is 5.97. The van der Waals surface area contributed by atoms with Gasteiger partial charge in [0.1, 0.15) is 0 Å². The first kappa shape index (κ1) is 21.3. The standard InChI is InChI=1S/C26H27NO3/c1-5-14-27-24(6-2)17-23(26(29)30-7-3)16-22-15-21(12-13-25(22)27)20-10-8-19(9-11-20)18(4)28/h5-6,8-16H,7,17H2,1-4H3/b14-5-,24-6?. The molecule has 0 amide bonds. The average molecular weight is 402 g/mol. The van der Waals surface area contributed by atoms with Crippen molar-refractivity contribution in [3.63, 3.8) is 0 Å². The Morgan fingerprint density at radius 3 is 2.37 bits per heavy atom. The second-order valence-corrected chi connectivity index (χ2v) is 7.11. The Labute approximate surface area is 178 Å². The van der Waals surface area contributed by atoms with Crippen LogP contribution >= 0.6 is 0 Å². The number of hydrogen-bond acceptors (Lipinski definition) is 4. The Balaban J connectivity index is 2.13. The third-order valence-electron chi connectivity index (χ3n) is 5.09. The lowest BCUT2D eigenvalue weighted by atomic mass is 9.99. The first-order chi connectivity index (χ1) is 14.5. The number of ketones is 1. The van der Waals surface area contributed by atoms with Gasteiger partial charge in [-0.05, 0) is 62.6 Å². The molecule has 1 heterocycles. The normalized spacial score (nSPS) is 15.0. The van der Waals surface area contributed by atoms with Gasteiger partial charge in [-0.25, -0.2) is 4.79 Å². The predicted octanol–water partition coefficient (Wildman–Crippen LogP) is 6.15. The van der Waals surface area contributed by atoms with Gasteiger partial charge in [0.05, 0.1) is 12.3 Å². The Morgan fingerprint density at radius 2 is 1.77 bits per heavy atom. The van der Waals surface area contributed by atoms with Gasteiger partial charge in [-0.2, -0.15) is 0 Å². The molecule has 0 aromatic heterocycles. The van der Waals surface area contributed by atoms with Crippen LogP contribution in [-0.4, -0.2) is 18.4 Å². The number of fused-ring (bicyclic) bond motifs is 1. The Bertz CT molecular complexity index is 1040. The molecule has 0 N–H and O–H groups in total. The fraction of sp³-hybridized carbons (Fsp3) is 0.231. The fourth-order valence-corrected chi connectivity index (χ4v) is 3.56. The Morgan fingerprint density at radius 1 is 1.07 bits per heavy atom. The van der Waals surface area contributed by atoms with E-state index in [1.165, 1.54) is 0 Å². The van der Waals surface area contributed by atoms with Gasteiger partial charge in [0.2, 0.25) is 0 Å². The number of carbonyl (C=O) groups is 2. The predicted molar refractivity (Wildman–Crippen MR) is 122 cm³/mol. The first-order valence-corrected chi connectivity index (χ1v) is 10.2. The molecule has 0 radical (unpaired) electrons. The molecular weight excluding hydrogens is 374 g/mol. The third kappa shape index (κ3) is 4.43. The van der Waals surface area contributed by atoms with E-state index in [-0.39, 0.29) is 11.8 Å². The summed E-state index contributed by atoms with van der Waals surface area (Å²) in [5, 5.41) is 0. The number of anilines is 1. The summed E-state index contributed by atoms with van der Waals surface area (Å²) in [6.07, 6.45) is 8.44. The lowest BCUT2D eigenvalue weighted by molar-refractivity contribution is -0.138. The number of allylic oxidation sites excluding steroid dienone is 3. The summed E-state index contributed by atoms with van der Waals surface area (Å²) in [6.45, 7) is 7.67. The van der Waals surface area contributed by atoms with Crippen LogP contribution in [-0.2, 0) is 9.53 Å². The molecule has 0 saturated carbocycles. The molecule has 154 valence electrons. The van der Waals surface area contributed by atoms with E-state index < -0.39 is 0 Å². The molecule has 3 rings (SSSR count). The monoisotopic (exact) mass is 401 g/mol. The lowest BCUT2D eigenvalue weighted by Gasteiger charge is -2.24. The van der Waals surface area contributed by atoms with Gasteiger partial charge in [0, 0.05) is 29.5 Å². The number of rotatable bonds is 5. The zero-order valence-corrected chi connectivity index (χ0v) is 17.9. The molecule has 0 unspecified atom stereocenters. The number of ether oxygens (including phenoxy) is 1. The van der Waals surface area contributed by atoms with E-state index >= 15 is 0 Å². The van der Waals surface area contributed by atoms with Gasteiger partial charge in [0.15, 0.2) is 5.78 Å². The summed E-state index contributed by atoms with van der Waals surface area (Å²) >= 11 is 0. The minimum atomic E-state index is -0.290. The number of nitrogens with zero attached hydrogens (tertiary/aromatic N) is 1. The molecule has 0 atom stereocenters. The van der Waals surface area contributed by atoms with Crippen molar-refractivity contribution in [2.75, 3.05) is 11.5 Å². The van der Waals surface area contributed by atoms with Crippen molar-refractivity contribution in [1.29, 1.82) is 0 Å². The number of Topliss-reactive ketones (excluding diaryl/α,β-unsaturated/α-hetero) is 1. The van der Waals surface area contributed by atoms with Crippen molar-refractivity contribution < 1.29 is 14.3 Å². The van der Waals surface area contributed by atoms with Crippen molar-refractivity contribution in [3.05, 3.63) is 83.2 Å². The maximum Gasteiger partial charge on any atom is 0.334 e. The van der Waals surface area contributed by atoms with Crippen LogP contribution in [0.15, 0.2) is 72.1 Å². The highest BCUT2D eigenvalue weighted by atomic mass is 16.5. The van der Waals surface area contributed by atoms with Crippen LogP contribution in [0.2, 0.25) is 0 Å². The van der Waals surface area contributed by atoms with Crippen molar-refractivity contribution in [3.8, 4) is 11.1 Å². The Kier molecular flexibility index (Phi) is 6.68. The minimum Gasteiger partial charge on any atom is -0.463 e. The topological polar surface area (TPSA) is 46.6 Å². The molecule has 1 aliphatic rings. The molecule has 0 aliphatic carbocycles. The van der Waals surface area contributed by atoms with Crippen LogP contribution < -0.4 is 4.90 Å². The van der Waals surface area contributed by atoms with Crippen molar-refractivity contribution in [2.45, 2.75) is 34.1 Å². The van der Waals surface area contributed by atoms with Crippen LogP contribution in [0.5, 0.6) is 0 Å². The van der Waals surface area contributed by atoms with E-state index in [0.717, 1.165) is 28.1 Å². The third-order valence-corrected chi connectivity index (χ3v) is 5.09. The van der Waals surface area contributed by atoms with Gasteiger partial charge < -0.3 is 9.64 Å². The molecule has 4 nitrogen and oxygen atoms in total. The molecule has 0 bridgehead atoms. The SMILES string of the molecule is CC=C1CC(C(=O)OCC)=Cc2cc(-c3ccc(C(C)=O)cc3)ccc2N1/C=C\C. The van der Waals surface area contributed by atoms with E-state index in [2.05, 4.69) is 23.1 Å². The molecule has 0 spiro atoms. The minimum absolute atomic E-state index is 0.0476. The molecule has 0 saturated heterocycles. The van der Waals surface area contributed by atoms with Crippen LogP contribution in [0.3, 0.4) is 0 Å². The highest BCUT2D eigenvalue weighted by Gasteiger charge is 2.23. The summed E-state index contributed by atoms with van der Waals surface area (Å²) in [5.41, 5.74) is 6.32. The van der Waals surface area contributed by atoms with Crippen LogP contribution in [0, 0.1) is 0 Å². The van der Waals surface area contributed by atoms with Gasteiger partial charge in [-0.15, -0.1) is 0 Å². The molecule has 1 aliphatic heterocycles. The maximum atomic E-state index is 12.6. The van der Waals surface area contributed by atoms with Crippen molar-refractivity contribution in [2.24, 2.45) is 0 Å². The summed E-state index contributed by atoms with van der Waals surface area (Å²) < 4.78 is 5.29. The molecule has 30 heavy (non-hydrogen) atoms. The van der Waals surface area contributed by atoms with Gasteiger partial charge in [-0.3, -0.25) is 4.79 Å². The zero-order valence-electron chi connectivity index (χ0n) is 17.9. The van der Waals surface area contributed by atoms with E-state index in [1.54, 1.807) is 6.92 Å². The second kappa shape index (κ2) is 9.40. The van der Waals surface area contributed by atoms with E-state index in [0.29, 0.717) is 24.2 Å². The summed E-state index contributed by atoms with van der Waals surface area (Å²) in [4.78, 5) is 26.2. The molecule has 0 fully saturated rings. The smallest absolute Gasteiger partial charge is 0.334 e. The summed E-state index contributed by atoms with van der Waals surface area (Å²) in [6, 6.07) is 13.8. The number of hydrogen-bond donors (Lipinski definition) is 0. The van der Waals surface area contributed by atoms with Crippen LogP contribution in [0.25, 0.3) is 17.2 Å². The van der Waals surface area contributed by atoms with E-state index in [1.807, 2.05) is 69.5 Å². The molecule has 2 aromatic carbocycles. The van der Waals surface area contributed by atoms with Crippen molar-refractivity contribution in [1.82, 2.24) is 0 Å². The summed E-state index contributed by atoms with van der Waals surface area (Å²) in [7, 11) is 0. The largest absolute Gasteiger partial charge is 0.463 e. The van der Waals surface area contributed by atoms with E-state index in [9.17, 15) is 9.59 Å². The van der Waals surface area contributed by atoms with Crippen LogP contribution in [0.4, 0.5) is 5.69 Å². The number of benzene rings is 2. The van der Waals surface area contributed by atoms with Gasteiger partial charge in [-0.1, -0.05) is 42.5 Å². The quantitative estimate of drug-likeness (QED) is 0.445. The maximum absolute atomic E-state index is 12.6. The first-order valence-electron chi connectivity index (χ1n) is 10.2. The lowest BCUT2D eigenvalue weighted by Crippen LogP contribution is -2.17. The average Bonchev–Trinajstić information content (AvgIpc) is 2.90. The highest BCUT2D eigenvalue weighted by Crippen LogP contribution is 2.36. The van der Waals surface area contributed by atoms with Crippen LogP contribution in [0.1, 0.15) is 50.0 Å².